The van der Waals surface area contributed by atoms with Gasteiger partial charge in [0.25, 0.3) is 11.8 Å². The van der Waals surface area contributed by atoms with Crippen LogP contribution in [0.3, 0.4) is 0 Å². The average Bonchev–Trinajstić information content (AvgIpc) is 2.87. The Kier molecular flexibility index (Phi) is 10.0. The topological polar surface area (TPSA) is 123 Å². The number of carbonyl (C=O) groups is 4. The monoisotopic (exact) mass is 523 g/mol. The molecule has 192 valence electrons. The number of anilines is 1. The van der Waals surface area contributed by atoms with Crippen molar-refractivity contribution < 1.29 is 28.7 Å². The number of rotatable bonds is 10. The number of aryl methyl sites for hydroxylation is 1. The number of ether oxygens (including phenoxy) is 2. The highest BCUT2D eigenvalue weighted by Gasteiger charge is 2.12. The molecule has 3 rings (SSSR count). The Balaban J connectivity index is 1.30. The van der Waals surface area contributed by atoms with Crippen LogP contribution in [-0.4, -0.2) is 30.3 Å². The Labute approximate surface area is 219 Å². The van der Waals surface area contributed by atoms with Crippen LogP contribution in [0.25, 0.3) is 0 Å². The van der Waals surface area contributed by atoms with E-state index >= 15 is 0 Å². The summed E-state index contributed by atoms with van der Waals surface area (Å²) in [6, 6.07) is 20.9. The second-order valence-electron chi connectivity index (χ2n) is 7.99. The Morgan fingerprint density at radius 2 is 1.57 bits per heavy atom. The van der Waals surface area contributed by atoms with E-state index in [1.165, 1.54) is 6.07 Å². The normalized spacial score (nSPS) is 10.2. The number of benzene rings is 3. The molecule has 0 aliphatic heterocycles. The van der Waals surface area contributed by atoms with Gasteiger partial charge in [-0.2, -0.15) is 0 Å². The molecule has 0 spiro atoms. The van der Waals surface area contributed by atoms with E-state index in [9.17, 15) is 19.2 Å². The number of nitrogens with one attached hydrogen (secondary N) is 3. The lowest BCUT2D eigenvalue weighted by atomic mass is 10.2. The second-order valence-corrected chi connectivity index (χ2v) is 8.39. The van der Waals surface area contributed by atoms with Crippen molar-refractivity contribution in [2.45, 2.75) is 26.2 Å². The Hall–Kier alpha value is -4.37. The molecule has 3 N–H and O–H groups in total. The zero-order chi connectivity index (χ0) is 26.6. The largest absolute Gasteiger partial charge is 0.457 e. The van der Waals surface area contributed by atoms with Crippen LogP contribution in [-0.2, 0) is 19.1 Å². The minimum atomic E-state index is -0.721. The molecule has 0 fully saturated rings. The highest BCUT2D eigenvalue weighted by atomic mass is 35.5. The molecule has 0 radical (unpaired) electrons. The summed E-state index contributed by atoms with van der Waals surface area (Å²) in [5, 5.41) is 2.98. The number of halogens is 1. The summed E-state index contributed by atoms with van der Waals surface area (Å²) in [4.78, 5) is 47.8. The standard InChI is InChI=1S/C27H26ClN3O6/c1-18-6-4-7-21(16-18)37-20-14-12-19(13-15-20)29-24(32)10-5-11-26(34)36-17-25(33)30-31-27(35)22-8-2-3-9-23(22)28/h2-4,6-9,12-16H,5,10-11,17H2,1H3,(H,29,32)(H,30,33)(H,31,35). The molecular weight excluding hydrogens is 498 g/mol. The molecule has 0 saturated heterocycles. The van der Waals surface area contributed by atoms with E-state index in [2.05, 4.69) is 16.2 Å². The fraction of sp³-hybridized carbons (Fsp3) is 0.185. The van der Waals surface area contributed by atoms with E-state index in [1.54, 1.807) is 42.5 Å². The van der Waals surface area contributed by atoms with Gasteiger partial charge >= 0.3 is 5.97 Å². The smallest absolute Gasteiger partial charge is 0.306 e. The average molecular weight is 524 g/mol. The lowest BCUT2D eigenvalue weighted by molar-refractivity contribution is -0.148. The quantitative estimate of drug-likeness (QED) is 0.264. The van der Waals surface area contributed by atoms with E-state index in [-0.39, 0.29) is 35.8 Å². The predicted molar refractivity (Wildman–Crippen MR) is 138 cm³/mol. The molecular formula is C27H26ClN3O6. The van der Waals surface area contributed by atoms with Crippen LogP contribution in [0.2, 0.25) is 5.02 Å². The molecule has 9 nitrogen and oxygen atoms in total. The highest BCUT2D eigenvalue weighted by molar-refractivity contribution is 6.33. The summed E-state index contributed by atoms with van der Waals surface area (Å²) in [6.07, 6.45) is 0.288. The maximum atomic E-state index is 12.2. The first-order valence-electron chi connectivity index (χ1n) is 11.4. The van der Waals surface area contributed by atoms with Crippen LogP contribution in [0.15, 0.2) is 72.8 Å². The number of hydrogen-bond donors (Lipinski definition) is 3. The number of amides is 3. The van der Waals surface area contributed by atoms with Crippen LogP contribution >= 0.6 is 11.6 Å². The zero-order valence-corrected chi connectivity index (χ0v) is 20.8. The summed E-state index contributed by atoms with van der Waals surface area (Å²) in [7, 11) is 0. The summed E-state index contributed by atoms with van der Waals surface area (Å²) < 4.78 is 10.6. The van der Waals surface area contributed by atoms with Gasteiger partial charge in [-0.15, -0.1) is 0 Å². The Morgan fingerprint density at radius 1 is 0.811 bits per heavy atom. The van der Waals surface area contributed by atoms with Gasteiger partial charge in [-0.1, -0.05) is 35.9 Å². The minimum Gasteiger partial charge on any atom is -0.457 e. The van der Waals surface area contributed by atoms with Gasteiger partial charge < -0.3 is 14.8 Å². The fourth-order valence-electron chi connectivity index (χ4n) is 3.13. The van der Waals surface area contributed by atoms with Gasteiger partial charge in [0.2, 0.25) is 5.91 Å². The lowest BCUT2D eigenvalue weighted by Crippen LogP contribution is -2.43. The Bertz CT molecular complexity index is 1260. The highest BCUT2D eigenvalue weighted by Crippen LogP contribution is 2.23. The first-order chi connectivity index (χ1) is 17.8. The van der Waals surface area contributed by atoms with Crippen molar-refractivity contribution in [3.05, 3.63) is 88.9 Å². The van der Waals surface area contributed by atoms with Gasteiger partial charge in [-0.3, -0.25) is 30.0 Å². The van der Waals surface area contributed by atoms with Gasteiger partial charge in [0, 0.05) is 18.5 Å². The number of carbonyl (C=O) groups excluding carboxylic acids is 4. The first kappa shape index (κ1) is 27.2. The van der Waals surface area contributed by atoms with Crippen molar-refractivity contribution in [3.8, 4) is 11.5 Å². The van der Waals surface area contributed by atoms with Gasteiger partial charge in [-0.25, -0.2) is 0 Å². The third kappa shape index (κ3) is 9.30. The molecule has 37 heavy (non-hydrogen) atoms. The van der Waals surface area contributed by atoms with Crippen molar-refractivity contribution in [2.75, 3.05) is 11.9 Å². The van der Waals surface area contributed by atoms with E-state index in [1.807, 2.05) is 31.2 Å². The van der Waals surface area contributed by atoms with E-state index in [0.717, 1.165) is 11.3 Å². The van der Waals surface area contributed by atoms with Crippen molar-refractivity contribution >= 4 is 41.0 Å². The molecule has 0 atom stereocenters. The molecule has 0 heterocycles. The lowest BCUT2D eigenvalue weighted by Gasteiger charge is -2.09. The molecule has 3 aromatic carbocycles. The molecule has 0 saturated carbocycles. The Morgan fingerprint density at radius 3 is 2.30 bits per heavy atom. The number of esters is 1. The van der Waals surface area contributed by atoms with Gasteiger partial charge in [-0.05, 0) is 67.4 Å². The molecule has 0 bridgehead atoms. The predicted octanol–water partition coefficient (Wildman–Crippen LogP) is 4.55. The summed E-state index contributed by atoms with van der Waals surface area (Å²) in [6.45, 7) is 1.40. The summed E-state index contributed by atoms with van der Waals surface area (Å²) in [5.74, 6) is -0.869. The van der Waals surface area contributed by atoms with Crippen LogP contribution in [0.5, 0.6) is 11.5 Å². The van der Waals surface area contributed by atoms with Crippen LogP contribution in [0.4, 0.5) is 5.69 Å². The maximum Gasteiger partial charge on any atom is 0.306 e. The summed E-state index contributed by atoms with van der Waals surface area (Å²) >= 11 is 5.91. The van der Waals surface area contributed by atoms with Gasteiger partial charge in [0.05, 0.1) is 10.6 Å². The van der Waals surface area contributed by atoms with Gasteiger partial charge in [0.1, 0.15) is 11.5 Å². The van der Waals surface area contributed by atoms with Crippen molar-refractivity contribution in [1.29, 1.82) is 0 Å². The van der Waals surface area contributed by atoms with E-state index in [4.69, 9.17) is 21.1 Å². The van der Waals surface area contributed by atoms with E-state index < -0.39 is 24.4 Å². The van der Waals surface area contributed by atoms with Crippen molar-refractivity contribution in [2.24, 2.45) is 0 Å². The summed E-state index contributed by atoms with van der Waals surface area (Å²) in [5.41, 5.74) is 6.20. The fourth-order valence-corrected chi connectivity index (χ4v) is 3.35. The molecule has 0 aromatic heterocycles. The van der Waals surface area contributed by atoms with Crippen molar-refractivity contribution in [3.63, 3.8) is 0 Å². The van der Waals surface area contributed by atoms with E-state index in [0.29, 0.717) is 11.4 Å². The number of hydrogen-bond acceptors (Lipinski definition) is 6. The second kappa shape index (κ2) is 13.6. The van der Waals surface area contributed by atoms with Crippen LogP contribution < -0.4 is 20.9 Å². The third-order valence-electron chi connectivity index (χ3n) is 4.95. The number of hydrazine groups is 1. The maximum absolute atomic E-state index is 12.2. The van der Waals surface area contributed by atoms with Gasteiger partial charge in [0.15, 0.2) is 6.61 Å². The molecule has 3 aromatic rings. The first-order valence-corrected chi connectivity index (χ1v) is 11.8. The molecule has 10 heteroatoms. The molecule has 3 amide bonds. The third-order valence-corrected chi connectivity index (χ3v) is 5.28. The molecule has 0 aliphatic carbocycles. The van der Waals surface area contributed by atoms with Crippen LogP contribution in [0, 0.1) is 6.92 Å². The van der Waals surface area contributed by atoms with Crippen LogP contribution in [0.1, 0.15) is 35.2 Å². The molecule has 0 unspecified atom stereocenters. The SMILES string of the molecule is Cc1cccc(Oc2ccc(NC(=O)CCCC(=O)OCC(=O)NNC(=O)c3ccccc3Cl)cc2)c1. The zero-order valence-electron chi connectivity index (χ0n) is 20.1. The molecule has 0 aliphatic rings. The minimum absolute atomic E-state index is 0.0457. The van der Waals surface area contributed by atoms with Crippen molar-refractivity contribution in [1.82, 2.24) is 10.9 Å².